The van der Waals surface area contributed by atoms with Crippen molar-refractivity contribution in [3.05, 3.63) is 42.7 Å². The second-order valence-corrected chi connectivity index (χ2v) is 5.14. The van der Waals surface area contributed by atoms with E-state index < -0.39 is 0 Å². The molecule has 0 saturated heterocycles. The lowest BCUT2D eigenvalue weighted by Crippen LogP contribution is -2.04. The molecular formula is C16H17N5O. The molecule has 22 heavy (non-hydrogen) atoms. The summed E-state index contributed by atoms with van der Waals surface area (Å²) in [7, 11) is 1.54. The summed E-state index contributed by atoms with van der Waals surface area (Å²) in [5, 5.41) is 9.21. The van der Waals surface area contributed by atoms with Gasteiger partial charge in [-0.05, 0) is 13.8 Å². The van der Waals surface area contributed by atoms with Crippen LogP contribution in [0.4, 0.5) is 0 Å². The van der Waals surface area contributed by atoms with Crippen LogP contribution in [0.15, 0.2) is 42.7 Å². The van der Waals surface area contributed by atoms with Crippen molar-refractivity contribution in [2.24, 2.45) is 0 Å². The Hall–Kier alpha value is -2.76. The lowest BCUT2D eigenvalue weighted by molar-refractivity contribution is 0.380. The van der Waals surface area contributed by atoms with Gasteiger partial charge in [-0.2, -0.15) is 15.0 Å². The monoisotopic (exact) mass is 295 g/mol. The number of benzene rings is 1. The van der Waals surface area contributed by atoms with Crippen molar-refractivity contribution in [1.82, 2.24) is 25.0 Å². The molecule has 0 spiro atoms. The van der Waals surface area contributed by atoms with E-state index in [1.54, 1.807) is 24.3 Å². The average molecular weight is 295 g/mol. The number of rotatable bonds is 4. The van der Waals surface area contributed by atoms with E-state index in [1.165, 1.54) is 0 Å². The third kappa shape index (κ3) is 2.67. The molecule has 0 unspecified atom stereocenters. The highest BCUT2D eigenvalue weighted by atomic mass is 16.5. The van der Waals surface area contributed by atoms with Gasteiger partial charge in [0.15, 0.2) is 0 Å². The largest absolute Gasteiger partial charge is 0.467 e. The predicted octanol–water partition coefficient (Wildman–Crippen LogP) is 2.99. The summed E-state index contributed by atoms with van der Waals surface area (Å²) in [6, 6.07) is 10.5. The Labute approximate surface area is 128 Å². The molecule has 6 heteroatoms. The summed E-state index contributed by atoms with van der Waals surface area (Å²) in [6.07, 6.45) is 3.40. The number of methoxy groups -OCH3 is 1. The number of ether oxygens (including phenoxy) is 1. The van der Waals surface area contributed by atoms with Gasteiger partial charge >= 0.3 is 6.01 Å². The van der Waals surface area contributed by atoms with Crippen molar-refractivity contribution in [3.8, 4) is 28.5 Å². The number of aromatic nitrogens is 5. The lowest BCUT2D eigenvalue weighted by atomic mass is 10.1. The molecule has 1 aromatic carbocycles. The fraction of sp³-hybridized carbons (Fsp3) is 0.250. The van der Waals surface area contributed by atoms with E-state index in [4.69, 9.17) is 4.74 Å². The first-order valence-electron chi connectivity index (χ1n) is 7.07. The molecule has 0 N–H and O–H groups in total. The van der Waals surface area contributed by atoms with Crippen molar-refractivity contribution in [3.63, 3.8) is 0 Å². The summed E-state index contributed by atoms with van der Waals surface area (Å²) < 4.78 is 5.00. The van der Waals surface area contributed by atoms with Crippen molar-refractivity contribution < 1.29 is 4.74 Å². The second-order valence-electron chi connectivity index (χ2n) is 5.14. The zero-order chi connectivity index (χ0) is 15.5. The Kier molecular flexibility index (Phi) is 3.82. The quantitative estimate of drug-likeness (QED) is 0.740. The van der Waals surface area contributed by atoms with Gasteiger partial charge in [-0.25, -0.2) is 9.97 Å². The van der Waals surface area contributed by atoms with Crippen LogP contribution in [0.3, 0.4) is 0 Å². The number of hydrogen-bond donors (Lipinski definition) is 0. The van der Waals surface area contributed by atoms with E-state index in [9.17, 15) is 0 Å². The topological polar surface area (TPSA) is 65.7 Å². The number of nitrogens with zero attached hydrogens (tertiary/aromatic N) is 5. The SMILES string of the molecule is COc1ncc(-c2nn(C(C)C)nc2-c2ccccc2)cn1. The first kappa shape index (κ1) is 14.2. The van der Waals surface area contributed by atoms with E-state index in [1.807, 2.05) is 44.2 Å². The smallest absolute Gasteiger partial charge is 0.316 e. The molecule has 0 fully saturated rings. The molecule has 0 radical (unpaired) electrons. The van der Waals surface area contributed by atoms with Crippen LogP contribution < -0.4 is 4.74 Å². The van der Waals surface area contributed by atoms with Gasteiger partial charge in [0.1, 0.15) is 11.4 Å². The van der Waals surface area contributed by atoms with Crippen LogP contribution in [0.1, 0.15) is 19.9 Å². The Morgan fingerprint density at radius 1 is 0.909 bits per heavy atom. The van der Waals surface area contributed by atoms with Gasteiger partial charge < -0.3 is 4.74 Å². The summed E-state index contributed by atoms with van der Waals surface area (Å²) in [5.74, 6) is 0. The van der Waals surface area contributed by atoms with Gasteiger partial charge in [-0.15, -0.1) is 0 Å². The zero-order valence-electron chi connectivity index (χ0n) is 12.8. The average Bonchev–Trinajstić information content (AvgIpc) is 3.01. The minimum Gasteiger partial charge on any atom is -0.467 e. The van der Waals surface area contributed by atoms with Crippen LogP contribution in [0.5, 0.6) is 6.01 Å². The van der Waals surface area contributed by atoms with Gasteiger partial charge in [-0.1, -0.05) is 30.3 Å². The van der Waals surface area contributed by atoms with Crippen LogP contribution >= 0.6 is 0 Å². The molecule has 3 aromatic rings. The third-order valence-corrected chi connectivity index (χ3v) is 3.22. The van der Waals surface area contributed by atoms with E-state index in [2.05, 4.69) is 20.2 Å². The fourth-order valence-electron chi connectivity index (χ4n) is 2.08. The molecular weight excluding hydrogens is 278 g/mol. The van der Waals surface area contributed by atoms with Gasteiger partial charge in [-0.3, -0.25) is 0 Å². The summed E-state index contributed by atoms with van der Waals surface area (Å²) in [4.78, 5) is 10.0. The molecule has 0 aliphatic rings. The Balaban J connectivity index is 2.12. The maximum absolute atomic E-state index is 5.00. The van der Waals surface area contributed by atoms with E-state index in [0.29, 0.717) is 6.01 Å². The summed E-state index contributed by atoms with van der Waals surface area (Å²) >= 11 is 0. The highest BCUT2D eigenvalue weighted by Crippen LogP contribution is 2.29. The molecule has 0 aliphatic heterocycles. The molecule has 6 nitrogen and oxygen atoms in total. The molecule has 2 heterocycles. The van der Waals surface area contributed by atoms with E-state index in [-0.39, 0.29) is 6.04 Å². The van der Waals surface area contributed by atoms with Crippen LogP contribution in [0.2, 0.25) is 0 Å². The summed E-state index contributed by atoms with van der Waals surface area (Å²) in [5.41, 5.74) is 3.41. The molecule has 2 aromatic heterocycles. The minimum absolute atomic E-state index is 0.176. The Bertz CT molecular complexity index is 750. The van der Waals surface area contributed by atoms with Crippen LogP contribution in [-0.4, -0.2) is 32.1 Å². The molecule has 0 saturated carbocycles. The van der Waals surface area contributed by atoms with Crippen molar-refractivity contribution in [2.75, 3.05) is 7.11 Å². The molecule has 3 rings (SSSR count). The van der Waals surface area contributed by atoms with Gasteiger partial charge in [0.25, 0.3) is 0 Å². The van der Waals surface area contributed by atoms with Crippen LogP contribution in [-0.2, 0) is 0 Å². The second kappa shape index (κ2) is 5.93. The maximum Gasteiger partial charge on any atom is 0.316 e. The third-order valence-electron chi connectivity index (χ3n) is 3.22. The fourth-order valence-corrected chi connectivity index (χ4v) is 2.08. The van der Waals surface area contributed by atoms with Crippen LogP contribution in [0.25, 0.3) is 22.5 Å². The molecule has 0 aliphatic carbocycles. The van der Waals surface area contributed by atoms with E-state index in [0.717, 1.165) is 22.5 Å². The maximum atomic E-state index is 5.00. The van der Waals surface area contributed by atoms with Crippen LogP contribution in [0, 0.1) is 0 Å². The Morgan fingerprint density at radius 3 is 2.05 bits per heavy atom. The van der Waals surface area contributed by atoms with Gasteiger partial charge in [0.05, 0.1) is 13.2 Å². The van der Waals surface area contributed by atoms with Crippen molar-refractivity contribution in [1.29, 1.82) is 0 Å². The highest BCUT2D eigenvalue weighted by Gasteiger charge is 2.17. The molecule has 112 valence electrons. The normalized spacial score (nSPS) is 10.9. The molecule has 0 atom stereocenters. The number of hydrogen-bond acceptors (Lipinski definition) is 5. The first-order chi connectivity index (χ1) is 10.7. The molecule has 0 bridgehead atoms. The molecule has 0 amide bonds. The first-order valence-corrected chi connectivity index (χ1v) is 7.07. The predicted molar refractivity (Wildman–Crippen MR) is 83.4 cm³/mol. The standard InChI is InChI=1S/C16H17N5O/c1-11(2)21-19-14(12-7-5-4-6-8-12)15(20-21)13-9-17-16(22-3)18-10-13/h4-11H,1-3H3. The Morgan fingerprint density at radius 2 is 1.50 bits per heavy atom. The van der Waals surface area contributed by atoms with Gasteiger partial charge in [0, 0.05) is 23.5 Å². The van der Waals surface area contributed by atoms with Crippen molar-refractivity contribution >= 4 is 0 Å². The summed E-state index contributed by atoms with van der Waals surface area (Å²) in [6.45, 7) is 4.09. The highest BCUT2D eigenvalue weighted by molar-refractivity contribution is 5.76. The minimum atomic E-state index is 0.176. The van der Waals surface area contributed by atoms with E-state index >= 15 is 0 Å². The van der Waals surface area contributed by atoms with Crippen molar-refractivity contribution in [2.45, 2.75) is 19.9 Å². The zero-order valence-corrected chi connectivity index (χ0v) is 12.8. The van der Waals surface area contributed by atoms with Gasteiger partial charge in [0.2, 0.25) is 0 Å². The lowest BCUT2D eigenvalue weighted by Gasteiger charge is -2.01.